The monoisotopic (exact) mass is 394 g/mol. The second-order valence-corrected chi connectivity index (χ2v) is 11.9. The van der Waals surface area contributed by atoms with Crippen LogP contribution >= 0.6 is 0 Å². The molecule has 2 fully saturated rings. The average molecular weight is 395 g/mol. The fourth-order valence-electron chi connectivity index (χ4n) is 6.03. The molecule has 2 unspecified atom stereocenters. The summed E-state index contributed by atoms with van der Waals surface area (Å²) in [6.07, 6.45) is 9.84. The maximum Gasteiger partial charge on any atom is 0.0309 e. The molecular formula is C24H50N4. The van der Waals surface area contributed by atoms with Gasteiger partial charge in [0.25, 0.3) is 0 Å². The lowest BCUT2D eigenvalue weighted by atomic mass is 9.76. The molecule has 2 aliphatic heterocycles. The number of nitrogens with two attached hydrogens (primary N) is 2. The minimum absolute atomic E-state index is 0.0970. The van der Waals surface area contributed by atoms with E-state index < -0.39 is 0 Å². The van der Waals surface area contributed by atoms with E-state index in [1.807, 2.05) is 0 Å². The van der Waals surface area contributed by atoms with Gasteiger partial charge in [0.1, 0.15) is 0 Å². The molecule has 4 N–H and O–H groups in total. The lowest BCUT2D eigenvalue weighted by Crippen LogP contribution is -2.67. The molecule has 4 nitrogen and oxygen atoms in total. The molecule has 2 aliphatic rings. The second-order valence-electron chi connectivity index (χ2n) is 11.9. The van der Waals surface area contributed by atoms with Crippen LogP contribution in [0.1, 0.15) is 107 Å². The fraction of sp³-hybridized carbons (Fsp3) is 1.00. The van der Waals surface area contributed by atoms with E-state index in [4.69, 9.17) is 11.5 Å². The Kier molecular flexibility index (Phi) is 7.34. The van der Waals surface area contributed by atoms with E-state index in [0.29, 0.717) is 0 Å². The predicted molar refractivity (Wildman–Crippen MR) is 123 cm³/mol. The van der Waals surface area contributed by atoms with E-state index in [-0.39, 0.29) is 34.2 Å². The van der Waals surface area contributed by atoms with Crippen LogP contribution in [0.25, 0.3) is 0 Å². The molecule has 166 valence electrons. The number of hydrogen-bond donors (Lipinski definition) is 2. The Morgan fingerprint density at radius 1 is 0.607 bits per heavy atom. The van der Waals surface area contributed by atoms with E-state index in [1.165, 1.54) is 51.6 Å². The SMILES string of the molecule is CC1(C)CCC(N)C(C)(C)N1CCCCCCN1C(C)(C)CCC(N)C1(C)C. The lowest BCUT2D eigenvalue weighted by Gasteiger charge is -2.56. The second kappa shape index (κ2) is 8.53. The van der Waals surface area contributed by atoms with Gasteiger partial charge in [-0.1, -0.05) is 12.8 Å². The smallest absolute Gasteiger partial charge is 0.0309 e. The third kappa shape index (κ3) is 4.94. The molecule has 0 aliphatic carbocycles. The molecule has 0 aromatic heterocycles. The van der Waals surface area contributed by atoms with Gasteiger partial charge in [-0.2, -0.15) is 0 Å². The molecule has 28 heavy (non-hydrogen) atoms. The number of nitrogens with zero attached hydrogens (tertiary/aromatic N) is 2. The molecule has 0 aromatic rings. The molecule has 0 bridgehead atoms. The van der Waals surface area contributed by atoms with Crippen molar-refractivity contribution in [3.05, 3.63) is 0 Å². The van der Waals surface area contributed by atoms with Crippen LogP contribution in [-0.2, 0) is 0 Å². The van der Waals surface area contributed by atoms with Crippen molar-refractivity contribution in [3.8, 4) is 0 Å². The van der Waals surface area contributed by atoms with Gasteiger partial charge in [0.05, 0.1) is 0 Å². The van der Waals surface area contributed by atoms with Crippen molar-refractivity contribution in [2.75, 3.05) is 13.1 Å². The number of piperidine rings is 2. The van der Waals surface area contributed by atoms with Crippen LogP contribution in [0.15, 0.2) is 0 Å². The molecule has 0 aromatic carbocycles. The zero-order valence-electron chi connectivity index (χ0n) is 20.3. The first-order valence-corrected chi connectivity index (χ1v) is 11.8. The van der Waals surface area contributed by atoms with Crippen LogP contribution in [0.2, 0.25) is 0 Å². The summed E-state index contributed by atoms with van der Waals surface area (Å²) in [5.41, 5.74) is 13.6. The number of unbranched alkanes of at least 4 members (excludes halogenated alkanes) is 3. The van der Waals surface area contributed by atoms with Gasteiger partial charge in [0.15, 0.2) is 0 Å². The summed E-state index contributed by atoms with van der Waals surface area (Å²) < 4.78 is 0. The number of rotatable bonds is 7. The number of likely N-dealkylation sites (tertiary alicyclic amines) is 2. The van der Waals surface area contributed by atoms with E-state index in [0.717, 1.165) is 12.8 Å². The standard InChI is InChI=1S/C24H50N4/c1-21(2)15-13-19(25)23(5,6)27(21)17-11-9-10-12-18-28-22(3,4)16-14-20(26)24(28,7)8/h19-20H,9-18,25-26H2,1-8H3. The van der Waals surface area contributed by atoms with Crippen molar-refractivity contribution in [1.82, 2.24) is 9.80 Å². The topological polar surface area (TPSA) is 58.5 Å². The zero-order chi connectivity index (χ0) is 21.4. The van der Waals surface area contributed by atoms with E-state index in [1.54, 1.807) is 0 Å². The minimum atomic E-state index is 0.0970. The normalized spacial score (nSPS) is 32.4. The molecule has 2 atom stereocenters. The highest BCUT2D eigenvalue weighted by Crippen LogP contribution is 2.39. The van der Waals surface area contributed by atoms with Gasteiger partial charge in [0.2, 0.25) is 0 Å². The Morgan fingerprint density at radius 3 is 1.25 bits per heavy atom. The van der Waals surface area contributed by atoms with Gasteiger partial charge in [-0.25, -0.2) is 0 Å². The Balaban J connectivity index is 1.80. The third-order valence-electron chi connectivity index (χ3n) is 8.32. The first-order chi connectivity index (χ1) is 12.7. The minimum Gasteiger partial charge on any atom is -0.326 e. The summed E-state index contributed by atoms with van der Waals surface area (Å²) in [5.74, 6) is 0. The van der Waals surface area contributed by atoms with Crippen molar-refractivity contribution in [1.29, 1.82) is 0 Å². The largest absolute Gasteiger partial charge is 0.326 e. The van der Waals surface area contributed by atoms with Crippen LogP contribution in [0.3, 0.4) is 0 Å². The lowest BCUT2D eigenvalue weighted by molar-refractivity contribution is -0.0430. The van der Waals surface area contributed by atoms with Gasteiger partial charge < -0.3 is 11.5 Å². The maximum atomic E-state index is 6.46. The highest BCUT2D eigenvalue weighted by Gasteiger charge is 2.46. The Labute approximate surface area is 175 Å². The van der Waals surface area contributed by atoms with Crippen LogP contribution in [0.4, 0.5) is 0 Å². The maximum absolute atomic E-state index is 6.46. The van der Waals surface area contributed by atoms with Crippen LogP contribution in [-0.4, -0.2) is 57.1 Å². The summed E-state index contributed by atoms with van der Waals surface area (Å²) >= 11 is 0. The molecule has 0 amide bonds. The van der Waals surface area contributed by atoms with Gasteiger partial charge in [-0.05, 0) is 107 Å². The van der Waals surface area contributed by atoms with Crippen molar-refractivity contribution < 1.29 is 0 Å². The van der Waals surface area contributed by atoms with Gasteiger partial charge in [-0.3, -0.25) is 9.80 Å². The summed E-state index contributed by atoms with van der Waals surface area (Å²) in [6, 6.07) is 0.571. The molecule has 2 rings (SSSR count). The summed E-state index contributed by atoms with van der Waals surface area (Å²) in [5, 5.41) is 0. The quantitative estimate of drug-likeness (QED) is 0.624. The first kappa shape index (κ1) is 24.1. The van der Waals surface area contributed by atoms with Crippen molar-refractivity contribution in [2.24, 2.45) is 11.5 Å². The van der Waals surface area contributed by atoms with Gasteiger partial charge in [0, 0.05) is 34.2 Å². The van der Waals surface area contributed by atoms with Crippen LogP contribution < -0.4 is 11.5 Å². The van der Waals surface area contributed by atoms with Crippen LogP contribution in [0.5, 0.6) is 0 Å². The van der Waals surface area contributed by atoms with Gasteiger partial charge in [-0.15, -0.1) is 0 Å². The summed E-state index contributed by atoms with van der Waals surface area (Å²) in [7, 11) is 0. The Morgan fingerprint density at radius 2 is 0.929 bits per heavy atom. The molecule has 0 saturated carbocycles. The third-order valence-corrected chi connectivity index (χ3v) is 8.32. The predicted octanol–water partition coefficient (Wildman–Crippen LogP) is 4.51. The van der Waals surface area contributed by atoms with Gasteiger partial charge >= 0.3 is 0 Å². The van der Waals surface area contributed by atoms with E-state index >= 15 is 0 Å². The molecular weight excluding hydrogens is 344 g/mol. The van der Waals surface area contributed by atoms with Crippen molar-refractivity contribution in [3.63, 3.8) is 0 Å². The molecule has 2 saturated heterocycles. The highest BCUT2D eigenvalue weighted by molar-refractivity contribution is 5.04. The molecule has 0 spiro atoms. The van der Waals surface area contributed by atoms with E-state index in [9.17, 15) is 0 Å². The summed E-state index contributed by atoms with van der Waals surface area (Å²) in [6.45, 7) is 21.2. The Hall–Kier alpha value is -0.160. The van der Waals surface area contributed by atoms with Crippen LogP contribution in [0, 0.1) is 0 Å². The first-order valence-electron chi connectivity index (χ1n) is 11.8. The summed E-state index contributed by atoms with van der Waals surface area (Å²) in [4.78, 5) is 5.37. The highest BCUT2D eigenvalue weighted by atomic mass is 15.3. The fourth-order valence-corrected chi connectivity index (χ4v) is 6.03. The molecule has 2 heterocycles. The van der Waals surface area contributed by atoms with Crippen molar-refractivity contribution >= 4 is 0 Å². The van der Waals surface area contributed by atoms with E-state index in [2.05, 4.69) is 65.2 Å². The molecule has 4 heteroatoms. The Bertz CT molecular complexity index is 463. The average Bonchev–Trinajstić information content (AvgIpc) is 2.56. The molecule has 0 radical (unpaired) electrons. The number of hydrogen-bond acceptors (Lipinski definition) is 4. The zero-order valence-corrected chi connectivity index (χ0v) is 20.3. The van der Waals surface area contributed by atoms with Crippen molar-refractivity contribution in [2.45, 2.75) is 141 Å².